The Kier molecular flexibility index (Phi) is 6.91. The van der Waals surface area contributed by atoms with Gasteiger partial charge in [0.15, 0.2) is 11.5 Å². The Morgan fingerprint density at radius 2 is 1.91 bits per heavy atom. The normalized spacial score (nSPS) is 14.6. The smallest absolute Gasteiger partial charge is 0.295 e. The van der Waals surface area contributed by atoms with Gasteiger partial charge in [-0.2, -0.15) is 0 Å². The first kappa shape index (κ1) is 22.8. The summed E-state index contributed by atoms with van der Waals surface area (Å²) in [6.07, 6.45) is 3.18. The molecule has 0 atom stereocenters. The molecule has 0 spiro atoms. The van der Waals surface area contributed by atoms with E-state index in [0.29, 0.717) is 56.0 Å². The van der Waals surface area contributed by atoms with Crippen LogP contribution in [0.15, 0.2) is 47.4 Å². The highest BCUT2D eigenvalue weighted by atomic mass is 16.5. The Hall–Kier alpha value is -3.42. The number of hydrogen-bond donors (Lipinski definition) is 1. The van der Waals surface area contributed by atoms with Crippen molar-refractivity contribution in [3.8, 4) is 5.75 Å². The van der Waals surface area contributed by atoms with Crippen molar-refractivity contribution in [2.75, 3.05) is 18.0 Å². The Labute approximate surface area is 193 Å². The molecule has 0 unspecified atom stereocenters. The lowest BCUT2D eigenvalue weighted by Gasteiger charge is -2.32. The van der Waals surface area contributed by atoms with Crippen LogP contribution in [0.5, 0.6) is 5.75 Å². The van der Waals surface area contributed by atoms with Crippen LogP contribution >= 0.6 is 0 Å². The summed E-state index contributed by atoms with van der Waals surface area (Å²) in [5.41, 5.74) is 2.22. The summed E-state index contributed by atoms with van der Waals surface area (Å²) in [6.45, 7) is 8.18. The molecule has 0 saturated carbocycles. The van der Waals surface area contributed by atoms with E-state index in [1.54, 1.807) is 10.8 Å². The molecule has 174 valence electrons. The molecule has 3 heterocycles. The minimum Gasteiger partial charge on any atom is -0.491 e. The van der Waals surface area contributed by atoms with Crippen molar-refractivity contribution in [1.82, 2.24) is 19.9 Å². The Morgan fingerprint density at radius 1 is 1.18 bits per heavy atom. The van der Waals surface area contributed by atoms with E-state index in [4.69, 9.17) is 4.74 Å². The number of carbonyl (C=O) groups excluding carboxylic acids is 1. The van der Waals surface area contributed by atoms with Gasteiger partial charge in [-0.3, -0.25) is 14.2 Å². The van der Waals surface area contributed by atoms with Crippen LogP contribution in [-0.2, 0) is 17.9 Å². The summed E-state index contributed by atoms with van der Waals surface area (Å²) >= 11 is 0. The number of nitrogens with one attached hydrogen (secondary N) is 1. The number of aryl methyl sites for hydroxylation is 1. The standard InChI is InChI=1S/C25H31N5O3/c1-4-30-22-21(6-5-13-26-22)28-23(25(30)32)29-14-11-19(12-15-29)24(31)27-16-18-7-9-20(10-8-18)33-17(2)3/h5-10,13,17,19H,4,11-12,14-16H2,1-3H3,(H,27,31). The second-order valence-corrected chi connectivity index (χ2v) is 8.62. The van der Waals surface area contributed by atoms with Crippen molar-refractivity contribution in [1.29, 1.82) is 0 Å². The maximum atomic E-state index is 13.0. The molecule has 1 aliphatic rings. The zero-order valence-corrected chi connectivity index (χ0v) is 19.5. The lowest BCUT2D eigenvalue weighted by atomic mass is 9.96. The molecule has 1 aromatic carbocycles. The Morgan fingerprint density at radius 3 is 2.58 bits per heavy atom. The van der Waals surface area contributed by atoms with E-state index in [-0.39, 0.29) is 23.5 Å². The highest BCUT2D eigenvalue weighted by Gasteiger charge is 2.27. The second-order valence-electron chi connectivity index (χ2n) is 8.62. The average molecular weight is 450 g/mol. The fraction of sp³-hybridized carbons (Fsp3) is 0.440. The Bertz CT molecular complexity index is 1160. The third-order valence-electron chi connectivity index (χ3n) is 5.93. The quantitative estimate of drug-likeness (QED) is 0.596. The fourth-order valence-electron chi connectivity index (χ4n) is 4.21. The number of benzene rings is 1. The molecule has 1 saturated heterocycles. The number of carbonyl (C=O) groups is 1. The van der Waals surface area contributed by atoms with Crippen LogP contribution in [0.1, 0.15) is 39.2 Å². The summed E-state index contributed by atoms with van der Waals surface area (Å²) in [7, 11) is 0. The van der Waals surface area contributed by atoms with Gasteiger partial charge in [-0.1, -0.05) is 12.1 Å². The minimum absolute atomic E-state index is 0.0544. The summed E-state index contributed by atoms with van der Waals surface area (Å²) in [4.78, 5) is 36.6. The number of nitrogens with zero attached hydrogens (tertiary/aromatic N) is 4. The molecular weight excluding hydrogens is 418 g/mol. The summed E-state index contributed by atoms with van der Waals surface area (Å²) < 4.78 is 7.32. The number of hydrogen-bond acceptors (Lipinski definition) is 6. The van der Waals surface area contributed by atoms with Crippen molar-refractivity contribution in [2.45, 2.75) is 52.8 Å². The monoisotopic (exact) mass is 449 g/mol. The van der Waals surface area contributed by atoms with Gasteiger partial charge >= 0.3 is 0 Å². The van der Waals surface area contributed by atoms with E-state index in [0.717, 1.165) is 11.3 Å². The maximum absolute atomic E-state index is 13.0. The molecule has 3 aromatic rings. The number of aromatic nitrogens is 3. The third kappa shape index (κ3) is 5.16. The SMILES string of the molecule is CCn1c(=O)c(N2CCC(C(=O)NCc3ccc(OC(C)C)cc3)CC2)nc2cccnc21. The van der Waals surface area contributed by atoms with E-state index >= 15 is 0 Å². The van der Waals surface area contributed by atoms with Crippen molar-refractivity contribution in [3.05, 3.63) is 58.5 Å². The largest absolute Gasteiger partial charge is 0.491 e. The van der Waals surface area contributed by atoms with Crippen LogP contribution in [0.25, 0.3) is 11.2 Å². The molecule has 33 heavy (non-hydrogen) atoms. The third-order valence-corrected chi connectivity index (χ3v) is 5.93. The predicted molar refractivity (Wildman–Crippen MR) is 128 cm³/mol. The minimum atomic E-state index is -0.128. The molecule has 1 N–H and O–H groups in total. The van der Waals surface area contributed by atoms with E-state index in [1.165, 1.54) is 0 Å². The number of fused-ring (bicyclic) bond motifs is 1. The molecule has 1 fully saturated rings. The first-order chi connectivity index (χ1) is 16.0. The molecule has 0 radical (unpaired) electrons. The highest BCUT2D eigenvalue weighted by molar-refractivity contribution is 5.79. The van der Waals surface area contributed by atoms with Crippen molar-refractivity contribution < 1.29 is 9.53 Å². The molecular formula is C25H31N5O3. The van der Waals surface area contributed by atoms with Gasteiger partial charge < -0.3 is 15.0 Å². The van der Waals surface area contributed by atoms with Gasteiger partial charge in [0.1, 0.15) is 11.3 Å². The van der Waals surface area contributed by atoms with Crippen molar-refractivity contribution in [2.24, 2.45) is 5.92 Å². The molecule has 4 rings (SSSR count). The predicted octanol–water partition coefficient (Wildman–Crippen LogP) is 3.13. The molecule has 8 nitrogen and oxygen atoms in total. The number of anilines is 1. The lowest BCUT2D eigenvalue weighted by molar-refractivity contribution is -0.125. The van der Waals surface area contributed by atoms with Crippen molar-refractivity contribution >= 4 is 22.9 Å². The second kappa shape index (κ2) is 10.0. The van der Waals surface area contributed by atoms with Crippen molar-refractivity contribution in [3.63, 3.8) is 0 Å². The molecule has 8 heteroatoms. The lowest BCUT2D eigenvalue weighted by Crippen LogP contribution is -2.43. The fourth-order valence-corrected chi connectivity index (χ4v) is 4.21. The average Bonchev–Trinajstić information content (AvgIpc) is 2.83. The first-order valence-corrected chi connectivity index (χ1v) is 11.6. The van der Waals surface area contributed by atoms with Gasteiger partial charge in [-0.05, 0) is 63.4 Å². The van der Waals surface area contributed by atoms with Gasteiger partial charge in [0, 0.05) is 38.3 Å². The zero-order valence-electron chi connectivity index (χ0n) is 19.5. The summed E-state index contributed by atoms with van der Waals surface area (Å²) in [5, 5.41) is 3.05. The molecule has 1 aliphatic heterocycles. The Balaban J connectivity index is 1.35. The van der Waals surface area contributed by atoms with E-state index < -0.39 is 0 Å². The van der Waals surface area contributed by atoms with Crippen LogP contribution in [0.4, 0.5) is 5.82 Å². The number of piperidine rings is 1. The van der Waals surface area contributed by atoms with E-state index in [2.05, 4.69) is 15.3 Å². The highest BCUT2D eigenvalue weighted by Crippen LogP contribution is 2.22. The van der Waals surface area contributed by atoms with Crippen LogP contribution in [-0.4, -0.2) is 39.6 Å². The number of ether oxygens (including phenoxy) is 1. The van der Waals surface area contributed by atoms with Crippen LogP contribution < -0.4 is 20.5 Å². The number of amides is 1. The van der Waals surface area contributed by atoms with Gasteiger partial charge in [0.2, 0.25) is 5.91 Å². The van der Waals surface area contributed by atoms with Gasteiger partial charge in [0.25, 0.3) is 5.56 Å². The van der Waals surface area contributed by atoms with Crippen LogP contribution in [0.2, 0.25) is 0 Å². The number of pyridine rings is 1. The summed E-state index contributed by atoms with van der Waals surface area (Å²) in [6, 6.07) is 11.5. The molecule has 0 bridgehead atoms. The van der Waals surface area contributed by atoms with E-state index in [9.17, 15) is 9.59 Å². The topological polar surface area (TPSA) is 89.4 Å². The van der Waals surface area contributed by atoms with Crippen LogP contribution in [0.3, 0.4) is 0 Å². The molecule has 1 amide bonds. The molecule has 0 aliphatic carbocycles. The first-order valence-electron chi connectivity index (χ1n) is 11.6. The van der Waals surface area contributed by atoms with Gasteiger partial charge in [0.05, 0.1) is 6.10 Å². The van der Waals surface area contributed by atoms with Crippen LogP contribution in [0, 0.1) is 5.92 Å². The van der Waals surface area contributed by atoms with Gasteiger partial charge in [-0.25, -0.2) is 9.97 Å². The maximum Gasteiger partial charge on any atom is 0.295 e. The molecule has 2 aromatic heterocycles. The number of rotatable bonds is 7. The van der Waals surface area contributed by atoms with Gasteiger partial charge in [-0.15, -0.1) is 0 Å². The zero-order chi connectivity index (χ0) is 23.4. The van der Waals surface area contributed by atoms with E-state index in [1.807, 2.05) is 62.1 Å². The summed E-state index contributed by atoms with van der Waals surface area (Å²) in [5.74, 6) is 1.26.